The first-order valence-corrected chi connectivity index (χ1v) is 6.31. The van der Waals surface area contributed by atoms with E-state index in [1.165, 1.54) is 25.9 Å². The van der Waals surface area contributed by atoms with E-state index in [9.17, 15) is 0 Å². The summed E-state index contributed by atoms with van der Waals surface area (Å²) in [6.07, 6.45) is 3.11. The minimum Gasteiger partial charge on any atom is -0.376 e. The zero-order chi connectivity index (χ0) is 10.7. The van der Waals surface area contributed by atoms with Crippen LogP contribution in [0.4, 0.5) is 0 Å². The summed E-state index contributed by atoms with van der Waals surface area (Å²) >= 11 is 0. The standard InChI is InChI=1S/C12H24N2O/c1-10-7-12(3-4-13-10)9-14-5-6-15-11(2)8-14/h10-13H,3-9H2,1-2H3. The van der Waals surface area contributed by atoms with Gasteiger partial charge in [0.2, 0.25) is 0 Å². The molecule has 2 aliphatic heterocycles. The normalized spacial score (nSPS) is 39.2. The number of hydrogen-bond donors (Lipinski definition) is 1. The average molecular weight is 212 g/mol. The van der Waals surface area contributed by atoms with Gasteiger partial charge < -0.3 is 10.1 Å². The number of rotatable bonds is 2. The first-order chi connectivity index (χ1) is 7.24. The second-order valence-electron chi connectivity index (χ2n) is 5.19. The fraction of sp³-hybridized carbons (Fsp3) is 1.00. The summed E-state index contributed by atoms with van der Waals surface area (Å²) in [5.74, 6) is 0.895. The van der Waals surface area contributed by atoms with Gasteiger partial charge in [0.15, 0.2) is 0 Å². The van der Waals surface area contributed by atoms with E-state index in [1.807, 2.05) is 0 Å². The molecular weight excluding hydrogens is 188 g/mol. The number of ether oxygens (including phenoxy) is 1. The van der Waals surface area contributed by atoms with Crippen LogP contribution >= 0.6 is 0 Å². The average Bonchev–Trinajstić information content (AvgIpc) is 2.17. The molecule has 3 heteroatoms. The third-order valence-corrected chi connectivity index (χ3v) is 3.57. The lowest BCUT2D eigenvalue weighted by molar-refractivity contribution is -0.0249. The van der Waals surface area contributed by atoms with Crippen molar-refractivity contribution in [1.82, 2.24) is 10.2 Å². The largest absolute Gasteiger partial charge is 0.376 e. The van der Waals surface area contributed by atoms with Crippen molar-refractivity contribution >= 4 is 0 Å². The van der Waals surface area contributed by atoms with Gasteiger partial charge in [-0.15, -0.1) is 0 Å². The molecule has 0 amide bonds. The lowest BCUT2D eigenvalue weighted by atomic mass is 9.92. The van der Waals surface area contributed by atoms with Gasteiger partial charge in [-0.2, -0.15) is 0 Å². The van der Waals surface area contributed by atoms with Crippen LogP contribution in [0, 0.1) is 5.92 Å². The van der Waals surface area contributed by atoms with E-state index in [0.29, 0.717) is 12.1 Å². The Morgan fingerprint density at radius 1 is 1.40 bits per heavy atom. The summed E-state index contributed by atoms with van der Waals surface area (Å²) in [4.78, 5) is 2.58. The van der Waals surface area contributed by atoms with Gasteiger partial charge in [0.1, 0.15) is 0 Å². The van der Waals surface area contributed by atoms with Gasteiger partial charge in [0.25, 0.3) is 0 Å². The molecule has 0 spiro atoms. The van der Waals surface area contributed by atoms with E-state index >= 15 is 0 Å². The predicted molar refractivity (Wildman–Crippen MR) is 62.0 cm³/mol. The molecule has 0 aromatic carbocycles. The zero-order valence-corrected chi connectivity index (χ0v) is 10.0. The second kappa shape index (κ2) is 5.28. The highest BCUT2D eigenvalue weighted by Gasteiger charge is 2.23. The topological polar surface area (TPSA) is 24.5 Å². The highest BCUT2D eigenvalue weighted by molar-refractivity contribution is 4.79. The molecule has 2 saturated heterocycles. The van der Waals surface area contributed by atoms with Crippen LogP contribution in [0.1, 0.15) is 26.7 Å². The van der Waals surface area contributed by atoms with Crippen molar-refractivity contribution in [2.45, 2.75) is 38.8 Å². The molecule has 15 heavy (non-hydrogen) atoms. The first kappa shape index (κ1) is 11.4. The van der Waals surface area contributed by atoms with Crippen molar-refractivity contribution in [3.63, 3.8) is 0 Å². The predicted octanol–water partition coefficient (Wildman–Crippen LogP) is 1.10. The maximum atomic E-state index is 5.56. The van der Waals surface area contributed by atoms with Gasteiger partial charge in [0, 0.05) is 25.7 Å². The molecule has 0 radical (unpaired) electrons. The number of nitrogens with zero attached hydrogens (tertiary/aromatic N) is 1. The first-order valence-electron chi connectivity index (χ1n) is 6.31. The Morgan fingerprint density at radius 3 is 3.00 bits per heavy atom. The van der Waals surface area contributed by atoms with Crippen LogP contribution in [-0.4, -0.2) is 49.8 Å². The van der Waals surface area contributed by atoms with Gasteiger partial charge >= 0.3 is 0 Å². The molecular formula is C12H24N2O. The lowest BCUT2D eigenvalue weighted by Gasteiger charge is -2.36. The Labute approximate surface area is 93.2 Å². The van der Waals surface area contributed by atoms with E-state index in [0.717, 1.165) is 25.6 Å². The quantitative estimate of drug-likeness (QED) is 0.742. The van der Waals surface area contributed by atoms with Gasteiger partial charge in [0.05, 0.1) is 12.7 Å². The highest BCUT2D eigenvalue weighted by Crippen LogP contribution is 2.18. The maximum absolute atomic E-state index is 5.56. The number of hydrogen-bond acceptors (Lipinski definition) is 3. The van der Waals surface area contributed by atoms with Gasteiger partial charge in [-0.1, -0.05) is 0 Å². The van der Waals surface area contributed by atoms with Crippen molar-refractivity contribution < 1.29 is 4.74 Å². The minimum absolute atomic E-state index is 0.429. The van der Waals surface area contributed by atoms with Gasteiger partial charge in [-0.25, -0.2) is 0 Å². The maximum Gasteiger partial charge on any atom is 0.0674 e. The smallest absolute Gasteiger partial charge is 0.0674 e. The van der Waals surface area contributed by atoms with Crippen LogP contribution in [0.2, 0.25) is 0 Å². The molecule has 3 unspecified atom stereocenters. The Kier molecular flexibility index (Phi) is 4.00. The number of nitrogens with one attached hydrogen (secondary N) is 1. The third-order valence-electron chi connectivity index (χ3n) is 3.57. The summed E-state index contributed by atoms with van der Waals surface area (Å²) in [6.45, 7) is 10.1. The second-order valence-corrected chi connectivity index (χ2v) is 5.19. The molecule has 0 bridgehead atoms. The number of piperidine rings is 1. The van der Waals surface area contributed by atoms with Crippen molar-refractivity contribution in [2.24, 2.45) is 5.92 Å². The van der Waals surface area contributed by atoms with Crippen molar-refractivity contribution in [2.75, 3.05) is 32.8 Å². The summed E-state index contributed by atoms with van der Waals surface area (Å²) in [5, 5.41) is 3.51. The Hall–Kier alpha value is -0.120. The molecule has 0 saturated carbocycles. The fourth-order valence-electron chi connectivity index (χ4n) is 2.82. The summed E-state index contributed by atoms with van der Waals surface area (Å²) in [7, 11) is 0. The molecule has 2 heterocycles. The van der Waals surface area contributed by atoms with Crippen LogP contribution < -0.4 is 5.32 Å². The monoisotopic (exact) mass is 212 g/mol. The van der Waals surface area contributed by atoms with E-state index in [-0.39, 0.29) is 0 Å². The third kappa shape index (κ3) is 3.44. The van der Waals surface area contributed by atoms with Crippen LogP contribution in [0.3, 0.4) is 0 Å². The van der Waals surface area contributed by atoms with Crippen LogP contribution in [0.5, 0.6) is 0 Å². The lowest BCUT2D eigenvalue weighted by Crippen LogP contribution is -2.46. The van der Waals surface area contributed by atoms with Crippen molar-refractivity contribution in [3.05, 3.63) is 0 Å². The van der Waals surface area contributed by atoms with Crippen LogP contribution in [0.25, 0.3) is 0 Å². The molecule has 0 aromatic heterocycles. The van der Waals surface area contributed by atoms with E-state index in [2.05, 4.69) is 24.1 Å². The Morgan fingerprint density at radius 2 is 2.27 bits per heavy atom. The summed E-state index contributed by atoms with van der Waals surface area (Å²) in [6, 6.07) is 0.710. The molecule has 3 atom stereocenters. The molecule has 2 rings (SSSR count). The molecule has 88 valence electrons. The minimum atomic E-state index is 0.429. The Balaban J connectivity index is 1.75. The Bertz CT molecular complexity index is 178. The van der Waals surface area contributed by atoms with Crippen molar-refractivity contribution in [1.29, 1.82) is 0 Å². The van der Waals surface area contributed by atoms with Crippen LogP contribution in [0.15, 0.2) is 0 Å². The SMILES string of the molecule is CC1CC(CN2CCOC(C)C2)CCN1. The zero-order valence-electron chi connectivity index (χ0n) is 10.0. The van der Waals surface area contributed by atoms with Crippen LogP contribution in [-0.2, 0) is 4.74 Å². The van der Waals surface area contributed by atoms with E-state index < -0.39 is 0 Å². The molecule has 2 fully saturated rings. The van der Waals surface area contributed by atoms with E-state index in [4.69, 9.17) is 4.74 Å². The molecule has 2 aliphatic rings. The molecule has 0 aliphatic carbocycles. The van der Waals surface area contributed by atoms with Gasteiger partial charge in [-0.3, -0.25) is 4.90 Å². The molecule has 3 nitrogen and oxygen atoms in total. The van der Waals surface area contributed by atoms with Crippen molar-refractivity contribution in [3.8, 4) is 0 Å². The summed E-state index contributed by atoms with van der Waals surface area (Å²) < 4.78 is 5.56. The fourth-order valence-corrected chi connectivity index (χ4v) is 2.82. The number of morpholine rings is 1. The van der Waals surface area contributed by atoms with E-state index in [1.54, 1.807) is 0 Å². The summed E-state index contributed by atoms with van der Waals surface area (Å²) in [5.41, 5.74) is 0. The highest BCUT2D eigenvalue weighted by atomic mass is 16.5. The molecule has 0 aromatic rings. The molecule has 1 N–H and O–H groups in total. The van der Waals surface area contributed by atoms with Gasteiger partial charge in [-0.05, 0) is 39.2 Å².